The highest BCUT2D eigenvalue weighted by Gasteiger charge is 2.09. The molecule has 3 rings (SSSR count). The summed E-state index contributed by atoms with van der Waals surface area (Å²) in [5.41, 5.74) is 4.18. The Hall–Kier alpha value is -3.54. The molecule has 0 atom stereocenters. The van der Waals surface area contributed by atoms with Crippen molar-refractivity contribution in [2.24, 2.45) is 5.10 Å². The van der Waals surface area contributed by atoms with Gasteiger partial charge in [0, 0.05) is 5.56 Å². The van der Waals surface area contributed by atoms with Crippen LogP contribution in [0.25, 0.3) is 10.8 Å². The van der Waals surface area contributed by atoms with Crippen LogP contribution < -0.4 is 19.6 Å². The van der Waals surface area contributed by atoms with Crippen molar-refractivity contribution in [3.63, 3.8) is 0 Å². The van der Waals surface area contributed by atoms with Crippen LogP contribution in [0.1, 0.15) is 11.1 Å². The second-order valence-electron chi connectivity index (χ2n) is 6.06. The van der Waals surface area contributed by atoms with Gasteiger partial charge in [0.1, 0.15) is 5.75 Å². The van der Waals surface area contributed by atoms with Gasteiger partial charge in [-0.3, -0.25) is 4.79 Å². The van der Waals surface area contributed by atoms with E-state index in [4.69, 9.17) is 14.2 Å². The molecule has 0 heterocycles. The van der Waals surface area contributed by atoms with Crippen molar-refractivity contribution in [1.29, 1.82) is 0 Å². The Balaban J connectivity index is 1.73. The number of hydrogen-bond acceptors (Lipinski definition) is 5. The molecule has 0 saturated heterocycles. The van der Waals surface area contributed by atoms with Gasteiger partial charge in [-0.2, -0.15) is 5.10 Å². The van der Waals surface area contributed by atoms with Gasteiger partial charge in [0.2, 0.25) is 5.91 Å². The number of fused-ring (bicyclic) bond motifs is 1. The van der Waals surface area contributed by atoms with E-state index in [0.717, 1.165) is 21.9 Å². The summed E-state index contributed by atoms with van der Waals surface area (Å²) in [6, 6.07) is 17.2. The zero-order chi connectivity index (χ0) is 19.9. The van der Waals surface area contributed by atoms with E-state index in [0.29, 0.717) is 17.2 Å². The summed E-state index contributed by atoms with van der Waals surface area (Å²) in [7, 11) is 4.74. The molecule has 0 spiro atoms. The SMILES string of the molecule is COc1ccc(CC(=O)N/N=C\c2c(OC)ccc3ccccc23)cc1OC. The summed E-state index contributed by atoms with van der Waals surface area (Å²) >= 11 is 0. The van der Waals surface area contributed by atoms with Crippen molar-refractivity contribution in [3.8, 4) is 17.2 Å². The van der Waals surface area contributed by atoms with Gasteiger partial charge in [0.25, 0.3) is 0 Å². The number of nitrogens with one attached hydrogen (secondary N) is 1. The van der Waals surface area contributed by atoms with Gasteiger partial charge in [-0.05, 0) is 34.5 Å². The van der Waals surface area contributed by atoms with Gasteiger partial charge in [0.15, 0.2) is 11.5 Å². The van der Waals surface area contributed by atoms with Crippen molar-refractivity contribution in [3.05, 3.63) is 65.7 Å². The summed E-state index contributed by atoms with van der Waals surface area (Å²) in [5.74, 6) is 1.66. The van der Waals surface area contributed by atoms with Gasteiger partial charge in [-0.15, -0.1) is 0 Å². The van der Waals surface area contributed by atoms with Gasteiger partial charge < -0.3 is 14.2 Å². The number of methoxy groups -OCH3 is 3. The van der Waals surface area contributed by atoms with Crippen molar-refractivity contribution in [2.75, 3.05) is 21.3 Å². The number of rotatable bonds is 7. The van der Waals surface area contributed by atoms with E-state index in [2.05, 4.69) is 10.5 Å². The van der Waals surface area contributed by atoms with E-state index in [1.165, 1.54) is 0 Å². The molecule has 3 aromatic carbocycles. The molecular formula is C22H22N2O4. The Labute approximate surface area is 163 Å². The summed E-state index contributed by atoms with van der Waals surface area (Å²) in [4.78, 5) is 12.2. The highest BCUT2D eigenvalue weighted by Crippen LogP contribution is 2.28. The van der Waals surface area contributed by atoms with Crippen LogP contribution in [-0.2, 0) is 11.2 Å². The van der Waals surface area contributed by atoms with Crippen LogP contribution in [0.2, 0.25) is 0 Å². The van der Waals surface area contributed by atoms with Gasteiger partial charge in [-0.1, -0.05) is 36.4 Å². The van der Waals surface area contributed by atoms with E-state index in [9.17, 15) is 4.79 Å². The van der Waals surface area contributed by atoms with Crippen molar-refractivity contribution in [1.82, 2.24) is 5.43 Å². The Morgan fingerprint density at radius 2 is 1.64 bits per heavy atom. The van der Waals surface area contributed by atoms with Crippen LogP contribution in [0, 0.1) is 0 Å². The lowest BCUT2D eigenvalue weighted by Crippen LogP contribution is -2.19. The zero-order valence-electron chi connectivity index (χ0n) is 16.1. The molecule has 1 N–H and O–H groups in total. The average molecular weight is 378 g/mol. The van der Waals surface area contributed by atoms with E-state index in [-0.39, 0.29) is 12.3 Å². The van der Waals surface area contributed by atoms with Crippen molar-refractivity contribution < 1.29 is 19.0 Å². The molecule has 6 nitrogen and oxygen atoms in total. The normalized spacial score (nSPS) is 10.8. The number of amides is 1. The zero-order valence-corrected chi connectivity index (χ0v) is 16.1. The maximum atomic E-state index is 12.2. The van der Waals surface area contributed by atoms with Gasteiger partial charge >= 0.3 is 0 Å². The lowest BCUT2D eigenvalue weighted by molar-refractivity contribution is -0.120. The van der Waals surface area contributed by atoms with Crippen molar-refractivity contribution in [2.45, 2.75) is 6.42 Å². The second-order valence-corrected chi connectivity index (χ2v) is 6.06. The Bertz CT molecular complexity index is 1010. The van der Waals surface area contributed by atoms with Crippen LogP contribution in [0.5, 0.6) is 17.2 Å². The number of nitrogens with zero attached hydrogens (tertiary/aromatic N) is 1. The van der Waals surface area contributed by atoms with Crippen molar-refractivity contribution >= 4 is 22.9 Å². The third kappa shape index (κ3) is 4.23. The molecule has 6 heteroatoms. The number of carbonyl (C=O) groups excluding carboxylic acids is 1. The van der Waals surface area contributed by atoms with Crippen LogP contribution in [0.3, 0.4) is 0 Å². The molecule has 1 amide bonds. The maximum absolute atomic E-state index is 12.2. The summed E-state index contributed by atoms with van der Waals surface area (Å²) < 4.78 is 15.9. The standard InChI is InChI=1S/C22H22N2O4/c1-26-19-11-9-16-6-4-5-7-17(16)18(19)14-23-24-22(25)13-15-8-10-20(27-2)21(12-15)28-3/h4-12,14H,13H2,1-3H3,(H,24,25)/b23-14-. The molecule has 0 bridgehead atoms. The number of carbonyl (C=O) groups is 1. The van der Waals surface area contributed by atoms with Gasteiger partial charge in [0.05, 0.1) is 34.0 Å². The van der Waals surface area contributed by atoms with Crippen LogP contribution in [0.4, 0.5) is 0 Å². The molecule has 144 valence electrons. The first-order valence-corrected chi connectivity index (χ1v) is 8.74. The minimum absolute atomic E-state index is 0.171. The minimum atomic E-state index is -0.234. The first kappa shape index (κ1) is 19.2. The second kappa shape index (κ2) is 8.90. The molecule has 0 aliphatic carbocycles. The lowest BCUT2D eigenvalue weighted by Gasteiger charge is -2.09. The van der Waals surface area contributed by atoms with E-state index >= 15 is 0 Å². The third-order valence-corrected chi connectivity index (χ3v) is 4.35. The fourth-order valence-electron chi connectivity index (χ4n) is 2.97. The maximum Gasteiger partial charge on any atom is 0.244 e. The molecule has 0 aliphatic heterocycles. The fraction of sp³-hybridized carbons (Fsp3) is 0.182. The molecular weight excluding hydrogens is 356 g/mol. The number of benzene rings is 3. The molecule has 0 saturated carbocycles. The molecule has 0 radical (unpaired) electrons. The quantitative estimate of drug-likeness (QED) is 0.504. The first-order chi connectivity index (χ1) is 13.7. The predicted molar refractivity (Wildman–Crippen MR) is 109 cm³/mol. The minimum Gasteiger partial charge on any atom is -0.496 e. The summed E-state index contributed by atoms with van der Waals surface area (Å²) in [5, 5.41) is 6.18. The van der Waals surface area contributed by atoms with Crippen LogP contribution >= 0.6 is 0 Å². The fourth-order valence-corrected chi connectivity index (χ4v) is 2.97. The summed E-state index contributed by atoms with van der Waals surface area (Å²) in [6.07, 6.45) is 1.78. The Morgan fingerprint density at radius 3 is 2.39 bits per heavy atom. The molecule has 0 aliphatic rings. The van der Waals surface area contributed by atoms with Crippen LogP contribution in [0.15, 0.2) is 59.7 Å². The number of hydrazone groups is 1. The largest absolute Gasteiger partial charge is 0.496 e. The third-order valence-electron chi connectivity index (χ3n) is 4.35. The molecule has 0 fully saturated rings. The predicted octanol–water partition coefficient (Wildman–Crippen LogP) is 3.56. The molecule has 3 aromatic rings. The lowest BCUT2D eigenvalue weighted by atomic mass is 10.0. The van der Waals surface area contributed by atoms with E-state index in [1.807, 2.05) is 42.5 Å². The first-order valence-electron chi connectivity index (χ1n) is 8.74. The van der Waals surface area contributed by atoms with Crippen LogP contribution in [-0.4, -0.2) is 33.5 Å². The smallest absolute Gasteiger partial charge is 0.244 e. The van der Waals surface area contributed by atoms with Gasteiger partial charge in [-0.25, -0.2) is 5.43 Å². The monoisotopic (exact) mass is 378 g/mol. The molecule has 0 unspecified atom stereocenters. The Kier molecular flexibility index (Phi) is 6.11. The Morgan fingerprint density at radius 1 is 0.929 bits per heavy atom. The number of hydrogen-bond donors (Lipinski definition) is 1. The number of ether oxygens (including phenoxy) is 3. The van der Waals surface area contributed by atoms with E-state index < -0.39 is 0 Å². The molecule has 0 aromatic heterocycles. The highest BCUT2D eigenvalue weighted by atomic mass is 16.5. The topological polar surface area (TPSA) is 69.2 Å². The summed E-state index contributed by atoms with van der Waals surface area (Å²) in [6.45, 7) is 0. The molecule has 28 heavy (non-hydrogen) atoms. The average Bonchev–Trinajstić information content (AvgIpc) is 2.73. The van der Waals surface area contributed by atoms with E-state index in [1.54, 1.807) is 39.7 Å². The highest BCUT2D eigenvalue weighted by molar-refractivity contribution is 6.02.